The normalized spacial score (nSPS) is 17.3. The minimum absolute atomic E-state index is 0.192. The van der Waals surface area contributed by atoms with Crippen molar-refractivity contribution in [3.05, 3.63) is 355 Å². The summed E-state index contributed by atoms with van der Waals surface area (Å²) in [4.78, 5) is 71.4. The zero-order chi connectivity index (χ0) is 101. The second kappa shape index (κ2) is 56.1. The molecule has 0 radical (unpaired) electrons. The van der Waals surface area contributed by atoms with Gasteiger partial charge in [0.1, 0.15) is 17.8 Å². The van der Waals surface area contributed by atoms with Gasteiger partial charge in [0.25, 0.3) is 11.8 Å². The Morgan fingerprint density at radius 2 is 0.525 bits per heavy atom. The van der Waals surface area contributed by atoms with Crippen LogP contribution in [0.5, 0.6) is 0 Å². The van der Waals surface area contributed by atoms with Gasteiger partial charge in [-0.15, -0.1) is 6.42 Å². The zero-order valence-electron chi connectivity index (χ0n) is 79.3. The summed E-state index contributed by atoms with van der Waals surface area (Å²) in [7, 11) is -9.91. The van der Waals surface area contributed by atoms with Gasteiger partial charge in [-0.25, -0.2) is 53.0 Å². The maximum absolute atomic E-state index is 12.3. The van der Waals surface area contributed by atoms with Crippen LogP contribution in [0.25, 0.3) is 0 Å². The van der Waals surface area contributed by atoms with Crippen LogP contribution in [0.2, 0.25) is 0 Å². The van der Waals surface area contributed by atoms with E-state index >= 15 is 0 Å². The summed E-state index contributed by atoms with van der Waals surface area (Å²) in [5.41, 5.74) is 16.2. The average molecular weight is 2080 g/mol. The molecule has 0 aliphatic carbocycles. The highest BCUT2D eigenvalue weighted by molar-refractivity contribution is 9.10. The van der Waals surface area contributed by atoms with E-state index in [9.17, 15) is 66.1 Å². The lowest BCUT2D eigenvalue weighted by Gasteiger charge is -2.26. The molecular formula is C108H122BrN7O20S5. The van der Waals surface area contributed by atoms with Crippen molar-refractivity contribution in [1.82, 2.24) is 35.5 Å². The number of hydroxylamine groups is 2. The monoisotopic (exact) mass is 2080 g/mol. The number of hydrogen-bond acceptors (Lipinski definition) is 25. The molecule has 5 aliphatic heterocycles. The van der Waals surface area contributed by atoms with E-state index in [0.717, 1.165) is 110 Å². The lowest BCUT2D eigenvalue weighted by atomic mass is 9.90. The summed E-state index contributed by atoms with van der Waals surface area (Å²) < 4.78 is 129. The minimum Gasteiger partial charge on any atom is -0.468 e. The van der Waals surface area contributed by atoms with Crippen molar-refractivity contribution < 1.29 is 90.7 Å². The Morgan fingerprint density at radius 1 is 0.312 bits per heavy atom. The van der Waals surface area contributed by atoms with E-state index < -0.39 is 84.7 Å². The van der Waals surface area contributed by atoms with Crippen LogP contribution in [-0.4, -0.2) is 284 Å². The van der Waals surface area contributed by atoms with E-state index in [2.05, 4.69) is 67.5 Å². The fourth-order valence-corrected chi connectivity index (χ4v) is 23.0. The molecule has 0 saturated carbocycles. The molecule has 0 aromatic heterocycles. The molecule has 27 nitrogen and oxygen atoms in total. The van der Waals surface area contributed by atoms with Crippen molar-refractivity contribution >= 4 is 94.8 Å². The van der Waals surface area contributed by atoms with E-state index in [-0.39, 0.29) is 81.4 Å². The molecule has 5 aliphatic rings. The van der Waals surface area contributed by atoms with Crippen LogP contribution in [0.1, 0.15) is 120 Å². The third kappa shape index (κ3) is 36.9. The number of amides is 2. The molecule has 141 heavy (non-hydrogen) atoms. The Bertz CT molecular complexity index is 6100. The average Bonchev–Trinajstić information content (AvgIpc) is 0.831. The van der Waals surface area contributed by atoms with Gasteiger partial charge in [-0.1, -0.05) is 282 Å². The van der Waals surface area contributed by atoms with Crippen LogP contribution < -0.4 is 11.0 Å². The molecule has 5 heterocycles. The van der Waals surface area contributed by atoms with Gasteiger partial charge in [0.05, 0.1) is 110 Å². The van der Waals surface area contributed by atoms with Crippen LogP contribution >= 0.6 is 15.9 Å². The first-order valence-electron chi connectivity index (χ1n) is 46.3. The predicted molar refractivity (Wildman–Crippen MR) is 552 cm³/mol. The van der Waals surface area contributed by atoms with Gasteiger partial charge in [0, 0.05) is 81.0 Å². The topological polar surface area (TPSA) is 364 Å². The number of aryl methyl sites for hydroxylation is 2. The summed E-state index contributed by atoms with van der Waals surface area (Å²) in [5, 5.41) is 18.2. The van der Waals surface area contributed by atoms with Crippen LogP contribution in [0, 0.1) is 36.0 Å². The number of ether oxygens (including phenoxy) is 3. The van der Waals surface area contributed by atoms with Gasteiger partial charge >= 0.3 is 17.9 Å². The van der Waals surface area contributed by atoms with Crippen molar-refractivity contribution in [2.24, 2.45) is 0 Å². The SMILES string of the molecule is C#CCN1CCS(=O)(=O)CC1.COC(=O)C(c1ccccc1)c1ccc(Br)cc1.COC(=O)C(c1ccccc1)c1ccc(C#CCN2CCS(=O)(=O)CC2)cc1.COC(=O)C(c1ccccc1)c1ccc(CCCN2CCS(=O)(=O)CC2)cc1.O=C(NO)C(c1ccccc1)c1ccc(C#CCN2CCS(=O)(=O)CC2)cc1.O=C(NO)C(c1ccccc1)c1ccc(CCCN2CCS(=O)(=O)CC2)cc1. The molecule has 746 valence electrons. The molecule has 0 spiro atoms. The summed E-state index contributed by atoms with van der Waals surface area (Å²) in [6, 6.07) is 86.0. The van der Waals surface area contributed by atoms with Gasteiger partial charge in [-0.05, 0) is 142 Å². The molecule has 15 rings (SSSR count). The third-order valence-electron chi connectivity index (χ3n) is 24.5. The zero-order valence-corrected chi connectivity index (χ0v) is 85.0. The van der Waals surface area contributed by atoms with Gasteiger partial charge in [-0.2, -0.15) is 0 Å². The van der Waals surface area contributed by atoms with Crippen molar-refractivity contribution in [1.29, 1.82) is 0 Å². The molecule has 5 unspecified atom stereocenters. The number of terminal acetylenes is 1. The Balaban J connectivity index is 0.000000177. The number of carbonyl (C=O) groups excluding carboxylic acids is 5. The first-order chi connectivity index (χ1) is 67.8. The molecule has 5 fully saturated rings. The number of nitrogens with one attached hydrogen (secondary N) is 2. The van der Waals surface area contributed by atoms with E-state index in [0.29, 0.717) is 85.1 Å². The second-order valence-electron chi connectivity index (χ2n) is 34.3. The van der Waals surface area contributed by atoms with Crippen molar-refractivity contribution in [3.8, 4) is 36.0 Å². The Labute approximate surface area is 838 Å². The Morgan fingerprint density at radius 3 is 0.766 bits per heavy atom. The molecule has 10 aromatic rings. The lowest BCUT2D eigenvalue weighted by molar-refractivity contribution is -0.142. The fourth-order valence-electron chi connectivity index (χ4n) is 16.3. The summed E-state index contributed by atoms with van der Waals surface area (Å²) >= 11 is 3.39. The predicted octanol–water partition coefficient (Wildman–Crippen LogP) is 11.2. The highest BCUT2D eigenvalue weighted by Gasteiger charge is 2.31. The number of carbonyl (C=O) groups is 5. The van der Waals surface area contributed by atoms with Crippen LogP contribution in [-0.2, 0) is 100 Å². The number of esters is 3. The fraction of sp³-hybridized carbons (Fsp3) is 0.343. The number of methoxy groups -OCH3 is 3. The van der Waals surface area contributed by atoms with E-state index in [1.807, 2.05) is 276 Å². The second-order valence-corrected chi connectivity index (χ2v) is 46.7. The molecule has 5 saturated heterocycles. The standard InChI is InChI=1S/C22H27NO4S.C22H23NO4S.C21H26N2O4S.C21H22N2O4S.C15H13BrO2.C7H11NO2S/c2*1-27-22(24)21(19-7-3-2-4-8-19)20-11-9-18(10-12-20)6-5-13-23-14-16-28(25,26)17-15-23;2*24-21(22-25)20(18-6-2-1-3-7-18)19-10-8-17(9-11-19)5-4-12-23-13-15-28(26,27)16-14-23;1-18-15(17)14(11-5-3-2-4-6-11)12-7-9-13(16)10-8-12;1-2-3-8-4-6-11(9,10)7-5-8/h2-4,7-12,21H,5-6,13-17H2,1H3;2-4,7-12,21H,13-17H2,1H3;1-3,6-11,20,25H,4-5,12-16H2,(H,22,24);1-3,6-11,20,25H,12-16H2,(H,22,24);2-10,14H,1H3;1H,3-7H2. The van der Waals surface area contributed by atoms with Crippen LogP contribution in [0.4, 0.5) is 0 Å². The first kappa shape index (κ1) is 111. The van der Waals surface area contributed by atoms with E-state index in [1.54, 1.807) is 11.0 Å². The van der Waals surface area contributed by atoms with Gasteiger partial charge in [0.15, 0.2) is 49.2 Å². The number of sulfone groups is 5. The quantitative estimate of drug-likeness (QED) is 0.0129. The highest BCUT2D eigenvalue weighted by Crippen LogP contribution is 2.32. The van der Waals surface area contributed by atoms with Gasteiger partial charge in [-0.3, -0.25) is 49.1 Å². The smallest absolute Gasteiger partial charge is 0.317 e. The molecule has 10 aromatic carbocycles. The van der Waals surface area contributed by atoms with Crippen LogP contribution in [0.3, 0.4) is 0 Å². The molecule has 0 bridgehead atoms. The van der Waals surface area contributed by atoms with Crippen molar-refractivity contribution in [3.63, 3.8) is 0 Å². The summed E-state index contributed by atoms with van der Waals surface area (Å²) in [6.07, 6.45) is 8.85. The first-order valence-corrected chi connectivity index (χ1v) is 56.2. The number of nitrogens with zero attached hydrogens (tertiary/aromatic N) is 5. The largest absolute Gasteiger partial charge is 0.468 e. The van der Waals surface area contributed by atoms with Crippen LogP contribution in [0.15, 0.2) is 277 Å². The molecule has 2 amide bonds. The van der Waals surface area contributed by atoms with E-state index in [1.165, 1.54) is 32.5 Å². The highest BCUT2D eigenvalue weighted by atomic mass is 79.9. The Hall–Kier alpha value is -11.8. The molecule has 33 heteroatoms. The minimum atomic E-state index is -2.88. The number of rotatable bonds is 26. The maximum Gasteiger partial charge on any atom is 0.317 e. The lowest BCUT2D eigenvalue weighted by Crippen LogP contribution is -2.40. The van der Waals surface area contributed by atoms with Gasteiger partial charge in [0.2, 0.25) is 0 Å². The number of benzene rings is 10. The molecular weight excluding hydrogens is 1960 g/mol. The number of hydrogen-bond donors (Lipinski definition) is 4. The third-order valence-corrected chi connectivity index (χ3v) is 33.1. The Kier molecular flexibility index (Phi) is 44.3. The summed E-state index contributed by atoms with van der Waals surface area (Å²) in [6.45, 7) is 9.24. The van der Waals surface area contributed by atoms with E-state index in [4.69, 9.17) is 31.0 Å². The van der Waals surface area contributed by atoms with Crippen molar-refractivity contribution in [2.75, 3.05) is 177 Å². The van der Waals surface area contributed by atoms with Gasteiger partial charge < -0.3 is 24.0 Å². The molecule has 4 N–H and O–H groups in total. The summed E-state index contributed by atoms with van der Waals surface area (Å²) in [5.74, 6) is 13.0. The van der Waals surface area contributed by atoms with Crippen molar-refractivity contribution in [2.45, 2.75) is 55.3 Å². The maximum atomic E-state index is 12.3. The molecule has 5 atom stereocenters. The number of halogens is 1.